The van der Waals surface area contributed by atoms with Crippen LogP contribution in [0.25, 0.3) is 11.7 Å². The third-order valence-electron chi connectivity index (χ3n) is 4.95. The number of benzene rings is 1. The number of thioether (sulfide) groups is 1. The molecule has 3 aromatic rings. The van der Waals surface area contributed by atoms with Crippen LogP contribution in [0.1, 0.15) is 24.1 Å². The summed E-state index contributed by atoms with van der Waals surface area (Å²) >= 11 is 6.69. The molecule has 6 nitrogen and oxygen atoms in total. The maximum absolute atomic E-state index is 13.2. The topological polar surface area (TPSA) is 66.7 Å². The number of nitrogens with zero attached hydrogens (tertiary/aromatic N) is 3. The van der Waals surface area contributed by atoms with E-state index < -0.39 is 0 Å². The Hall–Kier alpha value is -3.23. The maximum atomic E-state index is 13.2. The van der Waals surface area contributed by atoms with Gasteiger partial charge in [-0.25, -0.2) is 4.98 Å². The largest absolute Gasteiger partial charge is 0.366 e. The average Bonchev–Trinajstić information content (AvgIpc) is 3.07. The normalized spacial score (nSPS) is 16.2. The van der Waals surface area contributed by atoms with Crippen molar-refractivity contribution in [2.24, 2.45) is 0 Å². The fraction of sp³-hybridized carbons (Fsp3) is 0.130. The molecule has 1 aliphatic rings. The van der Waals surface area contributed by atoms with Gasteiger partial charge in [0.2, 0.25) is 0 Å². The summed E-state index contributed by atoms with van der Waals surface area (Å²) in [7, 11) is 0. The average molecular weight is 449 g/mol. The van der Waals surface area contributed by atoms with E-state index in [1.807, 2.05) is 43.3 Å². The van der Waals surface area contributed by atoms with Crippen molar-refractivity contribution < 1.29 is 4.79 Å². The van der Waals surface area contributed by atoms with Crippen LogP contribution in [0.2, 0.25) is 0 Å². The molecule has 31 heavy (non-hydrogen) atoms. The molecule has 1 unspecified atom stereocenters. The number of nitrogens with one attached hydrogen (secondary N) is 1. The van der Waals surface area contributed by atoms with Gasteiger partial charge in [-0.05, 0) is 30.7 Å². The first-order valence-electron chi connectivity index (χ1n) is 9.69. The number of carbonyl (C=O) groups is 1. The highest BCUT2D eigenvalue weighted by Gasteiger charge is 2.36. The SMILES string of the molecule is C=CCNc1nc2ccccn2c(=O)c1/C=C1/SC(=S)N(C(C)c2ccccc2)C1=O. The number of fused-ring (bicyclic) bond motifs is 1. The van der Waals surface area contributed by atoms with Gasteiger partial charge in [0.15, 0.2) is 0 Å². The van der Waals surface area contributed by atoms with Crippen molar-refractivity contribution in [1.29, 1.82) is 0 Å². The molecule has 1 aromatic carbocycles. The van der Waals surface area contributed by atoms with Crippen LogP contribution in [0.4, 0.5) is 5.82 Å². The number of hydrogen-bond acceptors (Lipinski definition) is 6. The molecule has 1 aliphatic heterocycles. The van der Waals surface area contributed by atoms with Gasteiger partial charge in [-0.2, -0.15) is 0 Å². The standard InChI is InChI=1S/C23H20N4O2S2/c1-3-12-24-20-17(21(28)26-13-8-7-11-19(26)25-20)14-18-22(29)27(23(30)31-18)15(2)16-9-5-4-6-10-16/h3-11,13-15,24H,1,12H2,2H3/b18-14+. The van der Waals surface area contributed by atoms with Crippen molar-refractivity contribution in [1.82, 2.24) is 14.3 Å². The molecule has 1 fully saturated rings. The highest BCUT2D eigenvalue weighted by Crippen LogP contribution is 2.38. The predicted molar refractivity (Wildman–Crippen MR) is 130 cm³/mol. The van der Waals surface area contributed by atoms with Gasteiger partial charge in [-0.3, -0.25) is 18.9 Å². The zero-order chi connectivity index (χ0) is 22.0. The summed E-state index contributed by atoms with van der Waals surface area (Å²) in [5.74, 6) is 0.177. The summed E-state index contributed by atoms with van der Waals surface area (Å²) in [6, 6.07) is 14.8. The van der Waals surface area contributed by atoms with Crippen LogP contribution < -0.4 is 10.9 Å². The number of anilines is 1. The van der Waals surface area contributed by atoms with E-state index in [9.17, 15) is 9.59 Å². The lowest BCUT2D eigenvalue weighted by Crippen LogP contribution is -2.31. The second kappa shape index (κ2) is 8.87. The number of hydrogen-bond donors (Lipinski definition) is 1. The van der Waals surface area contributed by atoms with E-state index in [1.165, 1.54) is 16.2 Å². The maximum Gasteiger partial charge on any atom is 0.267 e. The Labute approximate surface area is 189 Å². The zero-order valence-electron chi connectivity index (χ0n) is 16.8. The first-order chi connectivity index (χ1) is 15.0. The Balaban J connectivity index is 1.77. The molecule has 3 heterocycles. The molecule has 0 bridgehead atoms. The summed E-state index contributed by atoms with van der Waals surface area (Å²) in [6.45, 7) is 6.07. The second-order valence-electron chi connectivity index (χ2n) is 6.92. The van der Waals surface area contributed by atoms with E-state index in [-0.39, 0.29) is 17.5 Å². The van der Waals surface area contributed by atoms with Crippen LogP contribution in [0, 0.1) is 0 Å². The van der Waals surface area contributed by atoms with Crippen LogP contribution in [-0.4, -0.2) is 31.1 Å². The van der Waals surface area contributed by atoms with Crippen molar-refractivity contribution in [2.45, 2.75) is 13.0 Å². The third-order valence-corrected chi connectivity index (χ3v) is 6.28. The molecule has 1 N–H and O–H groups in total. The van der Waals surface area contributed by atoms with Gasteiger partial charge in [-0.15, -0.1) is 6.58 Å². The molecule has 156 valence electrons. The number of carbonyl (C=O) groups excluding carboxylic acids is 1. The molecule has 0 spiro atoms. The van der Waals surface area contributed by atoms with E-state index in [0.717, 1.165) is 5.56 Å². The van der Waals surface area contributed by atoms with Crippen molar-refractivity contribution in [2.75, 3.05) is 11.9 Å². The van der Waals surface area contributed by atoms with Gasteiger partial charge in [-0.1, -0.05) is 66.5 Å². The molecule has 0 radical (unpaired) electrons. The fourth-order valence-corrected chi connectivity index (χ4v) is 4.76. The Kier molecular flexibility index (Phi) is 6.01. The van der Waals surface area contributed by atoms with Crippen molar-refractivity contribution in [3.63, 3.8) is 0 Å². The summed E-state index contributed by atoms with van der Waals surface area (Å²) in [5, 5.41) is 3.10. The second-order valence-corrected chi connectivity index (χ2v) is 8.59. The quantitative estimate of drug-likeness (QED) is 0.345. The van der Waals surface area contributed by atoms with E-state index in [1.54, 1.807) is 35.4 Å². The molecule has 1 atom stereocenters. The lowest BCUT2D eigenvalue weighted by atomic mass is 10.1. The minimum Gasteiger partial charge on any atom is -0.366 e. The summed E-state index contributed by atoms with van der Waals surface area (Å²) in [4.78, 5) is 32.9. The first-order valence-corrected chi connectivity index (χ1v) is 10.9. The van der Waals surface area contributed by atoms with Gasteiger partial charge >= 0.3 is 0 Å². The van der Waals surface area contributed by atoms with Crippen LogP contribution >= 0.6 is 24.0 Å². The van der Waals surface area contributed by atoms with Gasteiger partial charge in [0.05, 0.1) is 16.5 Å². The number of thiocarbonyl (C=S) groups is 1. The lowest BCUT2D eigenvalue weighted by molar-refractivity contribution is -0.123. The molecule has 8 heteroatoms. The highest BCUT2D eigenvalue weighted by atomic mass is 32.2. The zero-order valence-corrected chi connectivity index (χ0v) is 18.5. The smallest absolute Gasteiger partial charge is 0.267 e. The predicted octanol–water partition coefficient (Wildman–Crippen LogP) is 4.25. The van der Waals surface area contributed by atoms with Crippen LogP contribution in [0.15, 0.2) is 77.1 Å². The molecule has 0 aliphatic carbocycles. The number of pyridine rings is 1. The lowest BCUT2D eigenvalue weighted by Gasteiger charge is -2.23. The van der Waals surface area contributed by atoms with E-state index >= 15 is 0 Å². The number of amides is 1. The Morgan fingerprint density at radius 2 is 1.94 bits per heavy atom. The van der Waals surface area contributed by atoms with E-state index in [2.05, 4.69) is 16.9 Å². The molecule has 1 saturated heterocycles. The molecule has 2 aromatic heterocycles. The summed E-state index contributed by atoms with van der Waals surface area (Å²) < 4.78 is 1.92. The first kappa shape index (κ1) is 21.0. The molecular weight excluding hydrogens is 428 g/mol. The van der Waals surface area contributed by atoms with Gasteiger partial charge in [0.1, 0.15) is 15.8 Å². The molecule has 0 saturated carbocycles. The summed E-state index contributed by atoms with van der Waals surface area (Å²) in [6.07, 6.45) is 4.92. The van der Waals surface area contributed by atoms with Gasteiger partial charge in [0.25, 0.3) is 11.5 Å². The minimum atomic E-state index is -0.265. The Bertz CT molecular complexity index is 1270. The third kappa shape index (κ3) is 4.04. The van der Waals surface area contributed by atoms with Gasteiger partial charge < -0.3 is 5.32 Å². The van der Waals surface area contributed by atoms with Crippen molar-refractivity contribution in [3.8, 4) is 0 Å². The molecule has 4 rings (SSSR count). The van der Waals surface area contributed by atoms with Crippen LogP contribution in [0.5, 0.6) is 0 Å². The van der Waals surface area contributed by atoms with E-state index in [4.69, 9.17) is 12.2 Å². The minimum absolute atomic E-state index is 0.214. The number of aromatic nitrogens is 2. The van der Waals surface area contributed by atoms with Crippen LogP contribution in [-0.2, 0) is 4.79 Å². The van der Waals surface area contributed by atoms with E-state index in [0.29, 0.717) is 32.8 Å². The molecule has 1 amide bonds. The fourth-order valence-electron chi connectivity index (χ4n) is 3.36. The van der Waals surface area contributed by atoms with Crippen molar-refractivity contribution in [3.05, 3.63) is 93.8 Å². The summed E-state index contributed by atoms with van der Waals surface area (Å²) in [5.41, 5.74) is 1.54. The monoisotopic (exact) mass is 448 g/mol. The van der Waals surface area contributed by atoms with Crippen LogP contribution in [0.3, 0.4) is 0 Å². The number of rotatable bonds is 6. The Morgan fingerprint density at radius 3 is 2.68 bits per heavy atom. The van der Waals surface area contributed by atoms with Crippen molar-refractivity contribution >= 4 is 51.7 Å². The Morgan fingerprint density at radius 1 is 1.19 bits per heavy atom. The van der Waals surface area contributed by atoms with Gasteiger partial charge in [0, 0.05) is 12.7 Å². The molecular formula is C23H20N4O2S2. The highest BCUT2D eigenvalue weighted by molar-refractivity contribution is 8.26.